The fraction of sp³-hybridized carbons (Fsp3) is 0.520. The van der Waals surface area contributed by atoms with Crippen LogP contribution in [0, 0.1) is 13.8 Å². The lowest BCUT2D eigenvalue weighted by Gasteiger charge is -2.37. The Morgan fingerprint density at radius 1 is 1.15 bits per heavy atom. The van der Waals surface area contributed by atoms with Crippen molar-refractivity contribution in [1.82, 2.24) is 20.2 Å². The summed E-state index contributed by atoms with van der Waals surface area (Å²) in [6, 6.07) is 8.51. The van der Waals surface area contributed by atoms with E-state index >= 15 is 0 Å². The van der Waals surface area contributed by atoms with Crippen LogP contribution in [0.25, 0.3) is 0 Å². The smallest absolute Gasteiger partial charge is 0.222 e. The Bertz CT molecular complexity index is 1000. The van der Waals surface area contributed by atoms with Crippen molar-refractivity contribution in [3.8, 4) is 0 Å². The average Bonchev–Trinajstić information content (AvgIpc) is 3.20. The minimum absolute atomic E-state index is 0.0893. The van der Waals surface area contributed by atoms with Crippen molar-refractivity contribution in [3.63, 3.8) is 0 Å². The van der Waals surface area contributed by atoms with Gasteiger partial charge in [-0.15, -0.1) is 11.8 Å². The molecule has 1 aromatic heterocycles. The number of benzene rings is 1. The summed E-state index contributed by atoms with van der Waals surface area (Å²) in [5, 5.41) is 3.20. The SMILES string of the molecule is CSc1ccc(C[C@@]2(CCC(=O)N3CCN(c4nc(C)cnc4C)CC3)CCC(=O)N2)cc1. The van der Waals surface area contributed by atoms with Crippen LogP contribution < -0.4 is 10.2 Å². The molecule has 1 atom stereocenters. The lowest BCUT2D eigenvalue weighted by Crippen LogP contribution is -2.50. The summed E-state index contributed by atoms with van der Waals surface area (Å²) in [6.07, 6.45) is 7.05. The number of anilines is 1. The normalized spacial score (nSPS) is 20.8. The van der Waals surface area contributed by atoms with Crippen molar-refractivity contribution < 1.29 is 9.59 Å². The van der Waals surface area contributed by atoms with Gasteiger partial charge in [0.2, 0.25) is 11.8 Å². The first kappa shape index (κ1) is 23.5. The maximum atomic E-state index is 13.0. The van der Waals surface area contributed by atoms with Crippen LogP contribution in [0.1, 0.15) is 42.6 Å². The van der Waals surface area contributed by atoms with Gasteiger partial charge in [-0.3, -0.25) is 14.6 Å². The summed E-state index contributed by atoms with van der Waals surface area (Å²) in [5.41, 5.74) is 2.70. The lowest BCUT2D eigenvalue weighted by molar-refractivity contribution is -0.132. The molecule has 2 amide bonds. The van der Waals surface area contributed by atoms with Crippen molar-refractivity contribution in [1.29, 1.82) is 0 Å². The van der Waals surface area contributed by atoms with Crippen LogP contribution in [-0.2, 0) is 16.0 Å². The molecule has 0 bridgehead atoms. The molecule has 2 fully saturated rings. The summed E-state index contributed by atoms with van der Waals surface area (Å²) < 4.78 is 0. The molecule has 1 aromatic carbocycles. The summed E-state index contributed by atoms with van der Waals surface area (Å²) in [5.74, 6) is 1.17. The van der Waals surface area contributed by atoms with Gasteiger partial charge in [0.1, 0.15) is 5.82 Å². The van der Waals surface area contributed by atoms with E-state index in [1.54, 1.807) is 18.0 Å². The highest BCUT2D eigenvalue weighted by atomic mass is 32.2. The maximum absolute atomic E-state index is 13.0. The van der Waals surface area contributed by atoms with Crippen LogP contribution >= 0.6 is 11.8 Å². The maximum Gasteiger partial charge on any atom is 0.222 e. The van der Waals surface area contributed by atoms with E-state index in [4.69, 9.17) is 0 Å². The van der Waals surface area contributed by atoms with Gasteiger partial charge in [0, 0.05) is 55.7 Å². The van der Waals surface area contributed by atoms with Crippen LogP contribution in [0.3, 0.4) is 0 Å². The first-order valence-corrected chi connectivity index (χ1v) is 12.9. The minimum atomic E-state index is -0.330. The molecule has 176 valence electrons. The van der Waals surface area contributed by atoms with Crippen molar-refractivity contribution in [3.05, 3.63) is 47.4 Å². The van der Waals surface area contributed by atoms with Gasteiger partial charge in [-0.05, 0) is 57.1 Å². The van der Waals surface area contributed by atoms with Crippen LogP contribution in [0.4, 0.5) is 5.82 Å². The number of hydrogen-bond acceptors (Lipinski definition) is 6. The van der Waals surface area contributed by atoms with E-state index in [2.05, 4.69) is 50.7 Å². The molecule has 0 spiro atoms. The second-order valence-corrected chi connectivity index (χ2v) is 10.0. The number of thioether (sulfide) groups is 1. The number of hydrogen-bond donors (Lipinski definition) is 1. The second-order valence-electron chi connectivity index (χ2n) is 9.14. The number of carbonyl (C=O) groups excluding carboxylic acids is 2. The van der Waals surface area contributed by atoms with E-state index in [-0.39, 0.29) is 17.4 Å². The lowest BCUT2D eigenvalue weighted by atomic mass is 9.85. The Kier molecular flexibility index (Phi) is 7.22. The number of carbonyl (C=O) groups is 2. The van der Waals surface area contributed by atoms with Gasteiger partial charge in [0.05, 0.1) is 11.4 Å². The fourth-order valence-electron chi connectivity index (χ4n) is 4.81. The van der Waals surface area contributed by atoms with Crippen LogP contribution in [0.15, 0.2) is 35.4 Å². The molecule has 0 unspecified atom stereocenters. The zero-order valence-electron chi connectivity index (χ0n) is 19.8. The highest BCUT2D eigenvalue weighted by Crippen LogP contribution is 2.30. The molecule has 2 saturated heterocycles. The molecule has 7 nitrogen and oxygen atoms in total. The van der Waals surface area contributed by atoms with Crippen molar-refractivity contribution in [2.45, 2.75) is 56.4 Å². The number of nitrogens with zero attached hydrogens (tertiary/aromatic N) is 4. The molecule has 2 aliphatic rings. The molecule has 2 aliphatic heterocycles. The minimum Gasteiger partial charge on any atom is -0.352 e. The van der Waals surface area contributed by atoms with Crippen LogP contribution in [0.2, 0.25) is 0 Å². The third-order valence-corrected chi connectivity index (χ3v) is 7.48. The van der Waals surface area contributed by atoms with E-state index in [9.17, 15) is 9.59 Å². The third kappa shape index (κ3) is 5.66. The molecule has 33 heavy (non-hydrogen) atoms. The van der Waals surface area contributed by atoms with Crippen LogP contribution in [-0.4, -0.2) is 64.7 Å². The van der Waals surface area contributed by atoms with E-state index in [1.165, 1.54) is 10.5 Å². The fourth-order valence-corrected chi connectivity index (χ4v) is 5.22. The quantitative estimate of drug-likeness (QED) is 0.631. The second kappa shape index (κ2) is 10.1. The highest BCUT2D eigenvalue weighted by molar-refractivity contribution is 7.98. The molecular weight excluding hydrogens is 434 g/mol. The highest BCUT2D eigenvalue weighted by Gasteiger charge is 2.38. The molecule has 0 radical (unpaired) electrons. The summed E-state index contributed by atoms with van der Waals surface area (Å²) in [4.78, 5) is 39.6. The molecule has 2 aromatic rings. The number of aromatic nitrogens is 2. The van der Waals surface area contributed by atoms with Gasteiger partial charge >= 0.3 is 0 Å². The number of aryl methyl sites for hydroxylation is 2. The predicted molar refractivity (Wildman–Crippen MR) is 132 cm³/mol. The molecule has 1 N–H and O–H groups in total. The summed E-state index contributed by atoms with van der Waals surface area (Å²) in [6.45, 7) is 6.81. The van der Waals surface area contributed by atoms with Crippen LogP contribution in [0.5, 0.6) is 0 Å². The third-order valence-electron chi connectivity index (χ3n) is 6.74. The van der Waals surface area contributed by atoms with Crippen molar-refractivity contribution in [2.24, 2.45) is 0 Å². The topological polar surface area (TPSA) is 78.4 Å². The van der Waals surface area contributed by atoms with Gasteiger partial charge in [-0.1, -0.05) is 12.1 Å². The number of rotatable bonds is 7. The molecule has 8 heteroatoms. The number of nitrogens with one attached hydrogen (secondary N) is 1. The first-order chi connectivity index (χ1) is 15.9. The van der Waals surface area contributed by atoms with Gasteiger partial charge in [-0.2, -0.15) is 0 Å². The van der Waals surface area contributed by atoms with E-state index in [0.717, 1.165) is 43.1 Å². The van der Waals surface area contributed by atoms with Gasteiger partial charge in [-0.25, -0.2) is 4.98 Å². The Hall–Kier alpha value is -2.61. The zero-order valence-corrected chi connectivity index (χ0v) is 20.6. The zero-order chi connectivity index (χ0) is 23.4. The van der Waals surface area contributed by atoms with Crippen molar-refractivity contribution >= 4 is 29.4 Å². The molecular formula is C25H33N5O2S. The average molecular weight is 468 g/mol. The summed E-state index contributed by atoms with van der Waals surface area (Å²) >= 11 is 1.72. The molecule has 0 saturated carbocycles. The Balaban J connectivity index is 1.34. The molecule has 3 heterocycles. The van der Waals surface area contributed by atoms with Gasteiger partial charge in [0.15, 0.2) is 0 Å². The Morgan fingerprint density at radius 3 is 2.52 bits per heavy atom. The molecule has 0 aliphatic carbocycles. The monoisotopic (exact) mass is 467 g/mol. The molecule has 4 rings (SSSR count). The largest absolute Gasteiger partial charge is 0.352 e. The van der Waals surface area contributed by atoms with E-state index < -0.39 is 0 Å². The van der Waals surface area contributed by atoms with E-state index in [0.29, 0.717) is 32.4 Å². The predicted octanol–water partition coefficient (Wildman–Crippen LogP) is 3.14. The Morgan fingerprint density at radius 2 is 1.88 bits per heavy atom. The summed E-state index contributed by atoms with van der Waals surface area (Å²) in [7, 11) is 0. The number of piperazine rings is 1. The standard InChI is InChI=1S/C25H33N5O2S/c1-18-17-26-19(2)24(27-18)30-14-12-29(13-15-30)23(32)9-11-25(10-8-22(31)28-25)16-20-4-6-21(33-3)7-5-20/h4-7,17H,8-16H2,1-3H3,(H,28,31)/t25-/m0/s1. The van der Waals surface area contributed by atoms with Crippen molar-refractivity contribution in [2.75, 3.05) is 37.3 Å². The Labute approximate surface area is 200 Å². The van der Waals surface area contributed by atoms with Gasteiger partial charge < -0.3 is 15.1 Å². The van der Waals surface area contributed by atoms with E-state index in [1.807, 2.05) is 18.7 Å². The van der Waals surface area contributed by atoms with Gasteiger partial charge in [0.25, 0.3) is 0 Å². The first-order valence-electron chi connectivity index (χ1n) is 11.6. The number of amides is 2.